The summed E-state index contributed by atoms with van der Waals surface area (Å²) in [6, 6.07) is 1.59. The first-order valence-corrected chi connectivity index (χ1v) is 11.0. The van der Waals surface area contributed by atoms with Crippen molar-refractivity contribution in [2.75, 3.05) is 18.4 Å². The second kappa shape index (κ2) is 10.8. The summed E-state index contributed by atoms with van der Waals surface area (Å²) in [5.41, 5.74) is -3.09. The number of nitrogens with zero attached hydrogens (tertiary/aromatic N) is 1. The van der Waals surface area contributed by atoms with Crippen LogP contribution in [0.25, 0.3) is 0 Å². The molecule has 1 aliphatic rings. The third kappa shape index (κ3) is 7.52. The molecule has 0 spiro atoms. The van der Waals surface area contributed by atoms with E-state index in [9.17, 15) is 26.3 Å². The first-order chi connectivity index (χ1) is 14.5. The van der Waals surface area contributed by atoms with Gasteiger partial charge in [-0.05, 0) is 69.2 Å². The van der Waals surface area contributed by atoms with Crippen molar-refractivity contribution in [3.8, 4) is 0 Å². The third-order valence-electron chi connectivity index (χ3n) is 5.38. The van der Waals surface area contributed by atoms with Crippen LogP contribution in [0.15, 0.2) is 18.2 Å². The number of nitrogens with one attached hydrogen (secondary N) is 2. The van der Waals surface area contributed by atoms with Gasteiger partial charge < -0.3 is 10.6 Å². The van der Waals surface area contributed by atoms with Crippen LogP contribution >= 0.6 is 12.2 Å². The van der Waals surface area contributed by atoms with Gasteiger partial charge in [-0.25, -0.2) is 0 Å². The van der Waals surface area contributed by atoms with E-state index in [2.05, 4.69) is 29.4 Å². The van der Waals surface area contributed by atoms with E-state index in [-0.39, 0.29) is 28.9 Å². The molecule has 1 aromatic rings. The van der Waals surface area contributed by atoms with Gasteiger partial charge in [0.05, 0.1) is 11.1 Å². The van der Waals surface area contributed by atoms with Crippen molar-refractivity contribution in [2.45, 2.75) is 76.8 Å². The Kier molecular flexibility index (Phi) is 9.00. The van der Waals surface area contributed by atoms with Crippen LogP contribution in [0.3, 0.4) is 0 Å². The average Bonchev–Trinajstić information content (AvgIpc) is 2.66. The zero-order valence-corrected chi connectivity index (χ0v) is 18.5. The fourth-order valence-electron chi connectivity index (χ4n) is 4.10. The van der Waals surface area contributed by atoms with Gasteiger partial charge in [0, 0.05) is 17.8 Å². The average molecular weight is 470 g/mol. The Morgan fingerprint density at radius 1 is 0.935 bits per heavy atom. The smallest absolute Gasteiger partial charge is 0.358 e. The normalized spacial score (nSPS) is 20.0. The maximum absolute atomic E-state index is 13.1. The highest BCUT2D eigenvalue weighted by molar-refractivity contribution is 7.80. The molecule has 10 heteroatoms. The van der Waals surface area contributed by atoms with Gasteiger partial charge in [-0.2, -0.15) is 26.3 Å². The summed E-state index contributed by atoms with van der Waals surface area (Å²) in [7, 11) is 0. The summed E-state index contributed by atoms with van der Waals surface area (Å²) < 4.78 is 78.5. The molecule has 31 heavy (non-hydrogen) atoms. The first-order valence-electron chi connectivity index (χ1n) is 10.6. The van der Waals surface area contributed by atoms with E-state index in [1.807, 2.05) is 0 Å². The van der Waals surface area contributed by atoms with E-state index in [0.717, 1.165) is 51.6 Å². The van der Waals surface area contributed by atoms with Gasteiger partial charge in [0.1, 0.15) is 0 Å². The molecule has 2 atom stereocenters. The van der Waals surface area contributed by atoms with E-state index in [1.54, 1.807) is 0 Å². The second-order valence-electron chi connectivity index (χ2n) is 7.89. The Labute approximate surface area is 184 Å². The lowest BCUT2D eigenvalue weighted by Crippen LogP contribution is -2.54. The summed E-state index contributed by atoms with van der Waals surface area (Å²) >= 11 is 5.26. The Bertz CT molecular complexity index is 697. The van der Waals surface area contributed by atoms with Gasteiger partial charge in [-0.3, -0.25) is 4.90 Å². The Morgan fingerprint density at radius 3 is 1.94 bits per heavy atom. The lowest BCUT2D eigenvalue weighted by atomic mass is 9.89. The molecule has 0 bridgehead atoms. The molecule has 3 nitrogen and oxygen atoms in total. The van der Waals surface area contributed by atoms with E-state index in [0.29, 0.717) is 12.1 Å². The Hall–Kier alpha value is -1.55. The quantitative estimate of drug-likeness (QED) is 0.355. The minimum atomic E-state index is -4.90. The standard InChI is InChI=1S/C21H29F6N3S/c1-3-9-30(10-4-2)18-8-6-5-7-17(18)29-19(31)28-16-12-14(20(22,23)24)11-15(13-16)21(25,26)27/h11-13,17-18H,3-10H2,1-2H3,(H2,28,29,31)/t17-,18-/m0/s1. The highest BCUT2D eigenvalue weighted by Gasteiger charge is 2.37. The van der Waals surface area contributed by atoms with Crippen LogP contribution in [-0.4, -0.2) is 35.2 Å². The minimum absolute atomic E-state index is 0.0141. The second-order valence-corrected chi connectivity index (χ2v) is 8.30. The highest BCUT2D eigenvalue weighted by atomic mass is 32.1. The van der Waals surface area contributed by atoms with Crippen LogP contribution in [0.5, 0.6) is 0 Å². The molecule has 0 unspecified atom stereocenters. The number of benzene rings is 1. The summed E-state index contributed by atoms with van der Waals surface area (Å²) in [6.07, 6.45) is -3.92. The van der Waals surface area contributed by atoms with E-state index in [1.165, 1.54) is 0 Å². The Morgan fingerprint density at radius 2 is 1.45 bits per heavy atom. The van der Waals surface area contributed by atoms with Crippen molar-refractivity contribution < 1.29 is 26.3 Å². The van der Waals surface area contributed by atoms with Crippen molar-refractivity contribution in [2.24, 2.45) is 0 Å². The molecule has 0 aromatic heterocycles. The summed E-state index contributed by atoms with van der Waals surface area (Å²) in [6.45, 7) is 6.07. The van der Waals surface area contributed by atoms with Crippen LogP contribution in [0, 0.1) is 0 Å². The van der Waals surface area contributed by atoms with Crippen molar-refractivity contribution in [1.29, 1.82) is 0 Å². The minimum Gasteiger partial charge on any atom is -0.358 e. The zero-order valence-electron chi connectivity index (χ0n) is 17.7. The molecular weight excluding hydrogens is 440 g/mol. The SMILES string of the molecule is CCCN(CCC)[C@H]1CCCC[C@@H]1NC(=S)Nc1cc(C(F)(F)F)cc(C(F)(F)F)c1. The molecule has 0 saturated heterocycles. The molecule has 176 valence electrons. The van der Waals surface area contributed by atoms with E-state index >= 15 is 0 Å². The molecule has 1 fully saturated rings. The molecule has 0 radical (unpaired) electrons. The van der Waals surface area contributed by atoms with Crippen LogP contribution < -0.4 is 10.6 Å². The predicted octanol–water partition coefficient (Wildman–Crippen LogP) is 6.44. The van der Waals surface area contributed by atoms with Gasteiger partial charge in [-0.1, -0.05) is 26.7 Å². The number of rotatable bonds is 7. The molecular formula is C21H29F6N3S. The maximum Gasteiger partial charge on any atom is 0.416 e. The predicted molar refractivity (Wildman–Crippen MR) is 114 cm³/mol. The molecule has 0 amide bonds. The first kappa shape index (κ1) is 25.7. The van der Waals surface area contributed by atoms with Crippen LogP contribution in [0.2, 0.25) is 0 Å². The van der Waals surface area contributed by atoms with Crippen LogP contribution in [-0.2, 0) is 12.4 Å². The largest absolute Gasteiger partial charge is 0.416 e. The van der Waals surface area contributed by atoms with Crippen LogP contribution in [0.4, 0.5) is 32.0 Å². The number of hydrogen-bond acceptors (Lipinski definition) is 2. The highest BCUT2D eigenvalue weighted by Crippen LogP contribution is 2.37. The molecule has 2 N–H and O–H groups in total. The molecule has 0 aliphatic heterocycles. The third-order valence-corrected chi connectivity index (χ3v) is 5.60. The van der Waals surface area contributed by atoms with Gasteiger partial charge in [0.15, 0.2) is 5.11 Å². The number of halogens is 6. The summed E-state index contributed by atoms with van der Waals surface area (Å²) in [5, 5.41) is 5.71. The fraction of sp³-hybridized carbons (Fsp3) is 0.667. The maximum atomic E-state index is 13.1. The molecule has 1 aliphatic carbocycles. The lowest BCUT2D eigenvalue weighted by Gasteiger charge is -2.40. The van der Waals surface area contributed by atoms with Crippen molar-refractivity contribution >= 4 is 23.0 Å². The van der Waals surface area contributed by atoms with Gasteiger partial charge >= 0.3 is 12.4 Å². The topological polar surface area (TPSA) is 27.3 Å². The molecule has 1 aromatic carbocycles. The van der Waals surface area contributed by atoms with Crippen LogP contribution in [0.1, 0.15) is 63.5 Å². The molecule has 1 saturated carbocycles. The molecule has 2 rings (SSSR count). The van der Waals surface area contributed by atoms with Gasteiger partial charge in [0.2, 0.25) is 0 Å². The number of anilines is 1. The summed E-state index contributed by atoms with van der Waals surface area (Å²) in [4.78, 5) is 2.39. The van der Waals surface area contributed by atoms with Crippen molar-refractivity contribution in [3.05, 3.63) is 29.3 Å². The molecule has 0 heterocycles. The summed E-state index contributed by atoms with van der Waals surface area (Å²) in [5.74, 6) is 0. The number of alkyl halides is 6. The lowest BCUT2D eigenvalue weighted by molar-refractivity contribution is -0.143. The van der Waals surface area contributed by atoms with Crippen molar-refractivity contribution in [3.63, 3.8) is 0 Å². The number of hydrogen-bond donors (Lipinski definition) is 2. The van der Waals surface area contributed by atoms with Gasteiger partial charge in [-0.15, -0.1) is 0 Å². The number of thiocarbonyl (C=S) groups is 1. The zero-order chi connectivity index (χ0) is 23.2. The van der Waals surface area contributed by atoms with E-state index in [4.69, 9.17) is 12.2 Å². The fourth-order valence-corrected chi connectivity index (χ4v) is 4.37. The monoisotopic (exact) mass is 469 g/mol. The van der Waals surface area contributed by atoms with E-state index < -0.39 is 23.5 Å². The van der Waals surface area contributed by atoms with Crippen molar-refractivity contribution in [1.82, 2.24) is 10.2 Å². The van der Waals surface area contributed by atoms with Gasteiger partial charge in [0.25, 0.3) is 0 Å². The Balaban J connectivity index is 2.18.